The largest absolute Gasteiger partial charge is 0.388 e. The van der Waals surface area contributed by atoms with Crippen molar-refractivity contribution in [1.82, 2.24) is 4.98 Å². The van der Waals surface area contributed by atoms with Gasteiger partial charge in [0.05, 0.1) is 0 Å². The smallest absolute Gasteiger partial charge is 0.150 e. The van der Waals surface area contributed by atoms with Gasteiger partial charge < -0.3 is 5.73 Å². The van der Waals surface area contributed by atoms with Gasteiger partial charge in [-0.05, 0) is 26.0 Å². The molecule has 0 aliphatic rings. The molecule has 21 heavy (non-hydrogen) atoms. The van der Waals surface area contributed by atoms with Gasteiger partial charge in [0.2, 0.25) is 0 Å². The molecule has 0 radical (unpaired) electrons. The highest BCUT2D eigenvalue weighted by Crippen LogP contribution is 2.37. The number of carbonyl (C=O) groups is 2. The van der Waals surface area contributed by atoms with Crippen molar-refractivity contribution < 1.29 is 9.59 Å². The number of aromatic nitrogens is 1. The van der Waals surface area contributed by atoms with Crippen molar-refractivity contribution in [3.63, 3.8) is 0 Å². The zero-order chi connectivity index (χ0) is 15.6. The zero-order valence-electron chi connectivity index (χ0n) is 11.4. The van der Waals surface area contributed by atoms with E-state index in [0.717, 1.165) is 22.3 Å². The second-order valence-electron chi connectivity index (χ2n) is 4.41. The molecule has 7 heteroatoms. The van der Waals surface area contributed by atoms with Gasteiger partial charge >= 0.3 is 0 Å². The summed E-state index contributed by atoms with van der Waals surface area (Å²) in [5.74, 6) is -0.402. The highest BCUT2D eigenvalue weighted by atomic mass is 35.5. The third-order valence-corrected chi connectivity index (χ3v) is 5.43. The molecule has 1 aromatic heterocycles. The summed E-state index contributed by atoms with van der Waals surface area (Å²) in [6.45, 7) is 2.78. The molecule has 2 aromatic rings. The van der Waals surface area contributed by atoms with Gasteiger partial charge in [0.15, 0.2) is 11.6 Å². The standard InChI is InChI=1S/C14H13ClN2O2S2/c1-7(18)11(8(2)19)20-14-12(16)21-13(17-14)9-3-5-10(15)6-4-9/h3-6,11H,16H2,1-2H3. The Morgan fingerprint density at radius 3 is 2.33 bits per heavy atom. The lowest BCUT2D eigenvalue weighted by atomic mass is 10.2. The van der Waals surface area contributed by atoms with Crippen molar-refractivity contribution in [1.29, 1.82) is 0 Å². The van der Waals surface area contributed by atoms with E-state index in [1.165, 1.54) is 25.2 Å². The third-order valence-electron chi connectivity index (χ3n) is 2.68. The number of nitrogen functional groups attached to an aromatic ring is 1. The molecule has 0 saturated carbocycles. The number of nitrogens with two attached hydrogens (primary N) is 1. The molecule has 110 valence electrons. The average molecular weight is 341 g/mol. The van der Waals surface area contributed by atoms with Crippen LogP contribution in [0.15, 0.2) is 29.3 Å². The number of thioether (sulfide) groups is 1. The second-order valence-corrected chi connectivity index (χ2v) is 6.98. The predicted octanol–water partition coefficient (Wildman–Crippen LogP) is 3.68. The Labute approximate surface area is 135 Å². The SMILES string of the molecule is CC(=O)C(Sc1nc(-c2ccc(Cl)cc2)sc1N)C(C)=O. The quantitative estimate of drug-likeness (QED) is 0.663. The maximum absolute atomic E-state index is 11.5. The molecule has 1 aromatic carbocycles. The van der Waals surface area contributed by atoms with Crippen LogP contribution in [0.1, 0.15) is 13.8 Å². The number of carbonyl (C=O) groups excluding carboxylic acids is 2. The van der Waals surface area contributed by atoms with Gasteiger partial charge in [0.25, 0.3) is 0 Å². The molecule has 0 amide bonds. The zero-order valence-corrected chi connectivity index (χ0v) is 13.8. The Kier molecular flexibility index (Phi) is 5.03. The maximum Gasteiger partial charge on any atom is 0.150 e. The van der Waals surface area contributed by atoms with Crippen molar-refractivity contribution in [3.8, 4) is 10.6 Å². The van der Waals surface area contributed by atoms with Crippen LogP contribution < -0.4 is 5.73 Å². The van der Waals surface area contributed by atoms with Gasteiger partial charge in [-0.25, -0.2) is 4.98 Å². The normalized spacial score (nSPS) is 10.9. The van der Waals surface area contributed by atoms with Crippen molar-refractivity contribution >= 4 is 51.3 Å². The lowest BCUT2D eigenvalue weighted by molar-refractivity contribution is -0.123. The third kappa shape index (κ3) is 3.84. The first-order valence-electron chi connectivity index (χ1n) is 6.08. The van der Waals surface area contributed by atoms with Crippen LogP contribution in [-0.2, 0) is 9.59 Å². The van der Waals surface area contributed by atoms with Crippen LogP contribution in [0.4, 0.5) is 5.00 Å². The Morgan fingerprint density at radius 2 is 1.81 bits per heavy atom. The first kappa shape index (κ1) is 16.0. The van der Waals surface area contributed by atoms with Gasteiger partial charge in [0.1, 0.15) is 20.3 Å². The fourth-order valence-corrected chi connectivity index (χ4v) is 3.68. The number of nitrogens with zero attached hydrogens (tertiary/aromatic N) is 1. The molecule has 0 saturated heterocycles. The van der Waals surface area contributed by atoms with Crippen LogP contribution in [0.2, 0.25) is 5.02 Å². The first-order chi connectivity index (χ1) is 9.88. The van der Waals surface area contributed by atoms with E-state index in [1.807, 2.05) is 12.1 Å². The number of halogens is 1. The predicted molar refractivity (Wildman–Crippen MR) is 88.0 cm³/mol. The van der Waals surface area contributed by atoms with Crippen molar-refractivity contribution in [2.75, 3.05) is 5.73 Å². The lowest BCUT2D eigenvalue weighted by Crippen LogP contribution is -2.22. The minimum Gasteiger partial charge on any atom is -0.388 e. The van der Waals surface area contributed by atoms with Crippen molar-refractivity contribution in [3.05, 3.63) is 29.3 Å². The molecule has 0 spiro atoms. The topological polar surface area (TPSA) is 73.1 Å². The molecule has 0 atom stereocenters. The Morgan fingerprint density at radius 1 is 1.24 bits per heavy atom. The van der Waals surface area contributed by atoms with Crippen molar-refractivity contribution in [2.45, 2.75) is 24.1 Å². The molecule has 2 rings (SSSR count). The summed E-state index contributed by atoms with van der Waals surface area (Å²) in [7, 11) is 0. The number of thiazole rings is 1. The molecule has 1 heterocycles. The molecule has 0 unspecified atom stereocenters. The van der Waals surface area contributed by atoms with Crippen LogP contribution in [0.3, 0.4) is 0 Å². The number of Topliss-reactive ketones (excluding diaryl/α,β-unsaturated/α-hetero) is 2. The molecule has 0 bridgehead atoms. The van der Waals surface area contributed by atoms with Crippen LogP contribution >= 0.6 is 34.7 Å². The maximum atomic E-state index is 11.5. The summed E-state index contributed by atoms with van der Waals surface area (Å²) in [4.78, 5) is 27.4. The van der Waals surface area contributed by atoms with Crippen LogP contribution in [0.5, 0.6) is 0 Å². The molecular weight excluding hydrogens is 328 g/mol. The molecule has 0 aliphatic carbocycles. The van der Waals surface area contributed by atoms with E-state index in [9.17, 15) is 9.59 Å². The van der Waals surface area contributed by atoms with Crippen LogP contribution in [-0.4, -0.2) is 21.8 Å². The van der Waals surface area contributed by atoms with E-state index in [-0.39, 0.29) is 11.6 Å². The van der Waals surface area contributed by atoms with E-state index < -0.39 is 5.25 Å². The number of hydrogen-bond donors (Lipinski definition) is 1. The van der Waals surface area contributed by atoms with Crippen LogP contribution in [0, 0.1) is 0 Å². The summed E-state index contributed by atoms with van der Waals surface area (Å²) in [5.41, 5.74) is 6.84. The summed E-state index contributed by atoms with van der Waals surface area (Å²) < 4.78 is 0. The first-order valence-corrected chi connectivity index (χ1v) is 8.15. The summed E-state index contributed by atoms with van der Waals surface area (Å²) in [6, 6.07) is 7.25. The Hall–Kier alpha value is -1.37. The minimum absolute atomic E-state index is 0.201. The van der Waals surface area contributed by atoms with E-state index in [4.69, 9.17) is 17.3 Å². The van der Waals surface area contributed by atoms with Gasteiger partial charge in [-0.3, -0.25) is 9.59 Å². The van der Waals surface area contributed by atoms with Gasteiger partial charge in [-0.15, -0.1) is 0 Å². The number of rotatable bonds is 5. The molecule has 2 N–H and O–H groups in total. The number of anilines is 1. The monoisotopic (exact) mass is 340 g/mol. The Balaban J connectivity index is 2.29. The number of ketones is 2. The summed E-state index contributed by atoms with van der Waals surface area (Å²) in [6.07, 6.45) is 0. The minimum atomic E-state index is -0.757. The number of benzene rings is 1. The van der Waals surface area contributed by atoms with Crippen LogP contribution in [0.25, 0.3) is 10.6 Å². The molecule has 0 fully saturated rings. The molecule has 4 nitrogen and oxygen atoms in total. The number of hydrogen-bond acceptors (Lipinski definition) is 6. The molecule has 0 aliphatic heterocycles. The van der Waals surface area contributed by atoms with E-state index in [2.05, 4.69) is 4.98 Å². The fraction of sp³-hybridized carbons (Fsp3) is 0.214. The van der Waals surface area contributed by atoms with Gasteiger partial charge in [-0.2, -0.15) is 0 Å². The van der Waals surface area contributed by atoms with E-state index in [1.54, 1.807) is 12.1 Å². The van der Waals surface area contributed by atoms with Gasteiger partial charge in [-0.1, -0.05) is 46.8 Å². The molecular formula is C14H13ClN2O2S2. The van der Waals surface area contributed by atoms with Gasteiger partial charge in [0, 0.05) is 10.6 Å². The lowest BCUT2D eigenvalue weighted by Gasteiger charge is -2.07. The van der Waals surface area contributed by atoms with E-state index >= 15 is 0 Å². The Bertz CT molecular complexity index is 669. The fourth-order valence-electron chi connectivity index (χ4n) is 1.68. The highest BCUT2D eigenvalue weighted by Gasteiger charge is 2.24. The second kappa shape index (κ2) is 6.60. The highest BCUT2D eigenvalue weighted by molar-refractivity contribution is 8.01. The van der Waals surface area contributed by atoms with Crippen molar-refractivity contribution in [2.24, 2.45) is 0 Å². The van der Waals surface area contributed by atoms with E-state index in [0.29, 0.717) is 15.0 Å². The summed E-state index contributed by atoms with van der Waals surface area (Å²) in [5, 5.41) is 1.63. The summed E-state index contributed by atoms with van der Waals surface area (Å²) >= 11 is 8.27. The average Bonchev–Trinajstić information content (AvgIpc) is 2.77.